The monoisotopic (exact) mass is 554 g/mol. The lowest BCUT2D eigenvalue weighted by molar-refractivity contribution is -0.123. The summed E-state index contributed by atoms with van der Waals surface area (Å²) in [6, 6.07) is -0.526. The molecule has 0 fully saturated rings. The average Bonchev–Trinajstić information content (AvgIpc) is 2.94. The Morgan fingerprint density at radius 2 is 0.821 bits per heavy atom. The van der Waals surface area contributed by atoms with Crippen LogP contribution < -0.4 is 5.32 Å². The van der Waals surface area contributed by atoms with Crippen LogP contribution in [0.25, 0.3) is 0 Å². The Balaban J connectivity index is 3.52. The third-order valence-corrected chi connectivity index (χ3v) is 8.37. The number of carbonyl (C=O) groups is 1. The topological polar surface area (TPSA) is 69.6 Å². The number of aliphatic hydroxyl groups excluding tert-OH is 2. The van der Waals surface area contributed by atoms with Crippen LogP contribution in [0, 0.1) is 0 Å². The van der Waals surface area contributed by atoms with Crippen molar-refractivity contribution in [2.45, 2.75) is 212 Å². The van der Waals surface area contributed by atoms with E-state index in [1.165, 1.54) is 148 Å². The van der Waals surface area contributed by atoms with Gasteiger partial charge in [-0.3, -0.25) is 4.79 Å². The van der Waals surface area contributed by atoms with Gasteiger partial charge in [-0.2, -0.15) is 0 Å². The average molecular weight is 554 g/mol. The predicted molar refractivity (Wildman–Crippen MR) is 170 cm³/mol. The maximum Gasteiger partial charge on any atom is 0.220 e. The van der Waals surface area contributed by atoms with E-state index in [4.69, 9.17) is 0 Å². The molecule has 39 heavy (non-hydrogen) atoms. The van der Waals surface area contributed by atoms with Gasteiger partial charge in [0, 0.05) is 6.42 Å². The van der Waals surface area contributed by atoms with Crippen LogP contribution in [-0.2, 0) is 4.79 Å². The van der Waals surface area contributed by atoms with Gasteiger partial charge >= 0.3 is 0 Å². The van der Waals surface area contributed by atoms with Crippen LogP contribution in [0.15, 0.2) is 0 Å². The molecule has 0 aromatic carbocycles. The molecule has 0 saturated heterocycles. The van der Waals surface area contributed by atoms with Crippen LogP contribution in [0.5, 0.6) is 0 Å². The Labute approximate surface area is 244 Å². The summed E-state index contributed by atoms with van der Waals surface area (Å²) in [4.78, 5) is 12.3. The quantitative estimate of drug-likeness (QED) is 0.0726. The molecule has 0 radical (unpaired) electrons. The summed E-state index contributed by atoms with van der Waals surface area (Å²) >= 11 is 0. The zero-order chi connectivity index (χ0) is 28.7. The summed E-state index contributed by atoms with van der Waals surface area (Å²) in [5.74, 6) is -0.0315. The fourth-order valence-electron chi connectivity index (χ4n) is 5.59. The van der Waals surface area contributed by atoms with Crippen molar-refractivity contribution in [3.8, 4) is 0 Å². The van der Waals surface area contributed by atoms with Crippen LogP contribution in [0.1, 0.15) is 200 Å². The van der Waals surface area contributed by atoms with Gasteiger partial charge in [0.15, 0.2) is 0 Å². The molecule has 0 aromatic rings. The molecule has 0 rings (SSSR count). The van der Waals surface area contributed by atoms with Gasteiger partial charge in [0.1, 0.15) is 0 Å². The molecule has 4 heteroatoms. The minimum atomic E-state index is -0.650. The standard InChI is InChI=1S/C35H71NO3/c1-3-5-7-9-11-13-15-16-17-18-19-21-22-24-26-28-30-34(38)33(32-37)36-35(39)31-29-27-25-23-20-14-12-10-8-6-4-2/h33-34,37-38H,3-32H2,1-2H3,(H,36,39)/t33-,34+/m0/s1. The Hall–Kier alpha value is -0.610. The Morgan fingerprint density at radius 3 is 1.15 bits per heavy atom. The predicted octanol–water partition coefficient (Wildman–Crippen LogP) is 10.2. The molecule has 2 atom stereocenters. The summed E-state index contributed by atoms with van der Waals surface area (Å²) in [7, 11) is 0. The largest absolute Gasteiger partial charge is 0.394 e. The maximum atomic E-state index is 12.3. The Morgan fingerprint density at radius 1 is 0.513 bits per heavy atom. The van der Waals surface area contributed by atoms with E-state index in [-0.39, 0.29) is 12.5 Å². The van der Waals surface area contributed by atoms with E-state index < -0.39 is 12.1 Å². The highest BCUT2D eigenvalue weighted by atomic mass is 16.3. The van der Waals surface area contributed by atoms with Crippen LogP contribution in [0.2, 0.25) is 0 Å². The molecule has 0 aliphatic rings. The van der Waals surface area contributed by atoms with E-state index in [1.54, 1.807) is 0 Å². The Kier molecular flexibility index (Phi) is 31.4. The zero-order valence-electron chi connectivity index (χ0n) is 26.7. The first-order chi connectivity index (χ1) is 19.2. The fraction of sp³-hybridized carbons (Fsp3) is 0.971. The highest BCUT2D eigenvalue weighted by Gasteiger charge is 2.19. The van der Waals surface area contributed by atoms with Crippen molar-refractivity contribution in [2.75, 3.05) is 6.61 Å². The molecule has 0 spiro atoms. The van der Waals surface area contributed by atoms with Crippen molar-refractivity contribution in [2.24, 2.45) is 0 Å². The maximum absolute atomic E-state index is 12.3. The molecule has 3 N–H and O–H groups in total. The normalized spacial score (nSPS) is 13.0. The van der Waals surface area contributed by atoms with E-state index >= 15 is 0 Å². The number of aliphatic hydroxyl groups is 2. The first kappa shape index (κ1) is 38.4. The van der Waals surface area contributed by atoms with Gasteiger partial charge in [-0.05, 0) is 12.8 Å². The van der Waals surface area contributed by atoms with Crippen molar-refractivity contribution in [3.05, 3.63) is 0 Å². The van der Waals surface area contributed by atoms with Gasteiger partial charge in [-0.1, -0.05) is 181 Å². The number of amides is 1. The van der Waals surface area contributed by atoms with Crippen molar-refractivity contribution >= 4 is 5.91 Å². The summed E-state index contributed by atoms with van der Waals surface area (Å²) in [5, 5.41) is 23.0. The first-order valence-electron chi connectivity index (χ1n) is 17.7. The minimum absolute atomic E-state index is 0.0315. The molecule has 0 saturated carbocycles. The molecule has 0 heterocycles. The summed E-state index contributed by atoms with van der Waals surface area (Å²) < 4.78 is 0. The van der Waals surface area contributed by atoms with Gasteiger partial charge in [0.2, 0.25) is 5.91 Å². The van der Waals surface area contributed by atoms with E-state index in [9.17, 15) is 15.0 Å². The molecule has 0 aromatic heterocycles. The van der Waals surface area contributed by atoms with Gasteiger partial charge in [0.25, 0.3) is 0 Å². The molecular weight excluding hydrogens is 482 g/mol. The highest BCUT2D eigenvalue weighted by Crippen LogP contribution is 2.15. The van der Waals surface area contributed by atoms with Gasteiger partial charge in [-0.15, -0.1) is 0 Å². The molecular formula is C35H71NO3. The second kappa shape index (κ2) is 31.9. The molecule has 0 unspecified atom stereocenters. The van der Waals surface area contributed by atoms with Crippen molar-refractivity contribution in [3.63, 3.8) is 0 Å². The van der Waals surface area contributed by atoms with Crippen molar-refractivity contribution < 1.29 is 15.0 Å². The highest BCUT2D eigenvalue weighted by molar-refractivity contribution is 5.76. The molecule has 0 aliphatic heterocycles. The summed E-state index contributed by atoms with van der Waals surface area (Å²) in [6.07, 6.45) is 35.8. The number of nitrogens with one attached hydrogen (secondary N) is 1. The number of hydrogen-bond donors (Lipinski definition) is 3. The van der Waals surface area contributed by atoms with Crippen LogP contribution in [0.3, 0.4) is 0 Å². The van der Waals surface area contributed by atoms with E-state index in [1.807, 2.05) is 0 Å². The number of hydrogen-bond acceptors (Lipinski definition) is 3. The van der Waals surface area contributed by atoms with E-state index in [0.29, 0.717) is 12.8 Å². The van der Waals surface area contributed by atoms with E-state index in [2.05, 4.69) is 19.2 Å². The summed E-state index contributed by atoms with van der Waals surface area (Å²) in [5.41, 5.74) is 0. The molecule has 1 amide bonds. The second-order valence-electron chi connectivity index (χ2n) is 12.3. The zero-order valence-corrected chi connectivity index (χ0v) is 26.7. The second-order valence-corrected chi connectivity index (χ2v) is 12.3. The van der Waals surface area contributed by atoms with Gasteiger partial charge in [0.05, 0.1) is 18.8 Å². The van der Waals surface area contributed by atoms with Crippen molar-refractivity contribution in [1.29, 1.82) is 0 Å². The molecule has 0 bridgehead atoms. The molecule has 0 aliphatic carbocycles. The van der Waals surface area contributed by atoms with Crippen LogP contribution in [-0.4, -0.2) is 34.9 Å². The third kappa shape index (κ3) is 28.7. The lowest BCUT2D eigenvalue weighted by Gasteiger charge is -2.22. The van der Waals surface area contributed by atoms with E-state index in [0.717, 1.165) is 25.7 Å². The van der Waals surface area contributed by atoms with Crippen molar-refractivity contribution in [1.82, 2.24) is 5.32 Å². The number of unbranched alkanes of at least 4 members (excludes halogenated alkanes) is 25. The molecule has 4 nitrogen and oxygen atoms in total. The first-order valence-corrected chi connectivity index (χ1v) is 17.7. The Bertz CT molecular complexity index is 485. The van der Waals surface area contributed by atoms with Crippen LogP contribution in [0.4, 0.5) is 0 Å². The lowest BCUT2D eigenvalue weighted by atomic mass is 10.0. The fourth-order valence-corrected chi connectivity index (χ4v) is 5.59. The minimum Gasteiger partial charge on any atom is -0.394 e. The SMILES string of the molecule is CCCCCCCCCCCCCCCCCC[C@@H](O)[C@H](CO)NC(=O)CCCCCCCCCCCCC. The van der Waals surface area contributed by atoms with Crippen LogP contribution >= 0.6 is 0 Å². The van der Waals surface area contributed by atoms with Gasteiger partial charge < -0.3 is 15.5 Å². The molecule has 234 valence electrons. The smallest absolute Gasteiger partial charge is 0.220 e. The summed E-state index contributed by atoms with van der Waals surface area (Å²) in [6.45, 7) is 4.35. The lowest BCUT2D eigenvalue weighted by Crippen LogP contribution is -2.45. The third-order valence-electron chi connectivity index (χ3n) is 8.37. The number of rotatable bonds is 32. The number of carbonyl (C=O) groups excluding carboxylic acids is 1. The van der Waals surface area contributed by atoms with Gasteiger partial charge in [-0.25, -0.2) is 0 Å².